The number of nitrogens with zero attached hydrogens (tertiary/aromatic N) is 1. The SMILES string of the molecule is O=C(O)c1cc(C(F)(F)F)cc2c(C3CC3)n[nH]c12. The molecule has 100 valence electrons. The molecule has 0 aliphatic heterocycles. The minimum Gasteiger partial charge on any atom is -0.478 e. The number of alkyl halides is 3. The summed E-state index contributed by atoms with van der Waals surface area (Å²) < 4.78 is 38.4. The number of rotatable bonds is 2. The molecule has 1 saturated carbocycles. The molecule has 1 fully saturated rings. The van der Waals surface area contributed by atoms with Crippen LogP contribution in [0.1, 0.15) is 40.4 Å². The van der Waals surface area contributed by atoms with Gasteiger partial charge in [0.15, 0.2) is 0 Å². The molecule has 3 rings (SSSR count). The number of carbonyl (C=O) groups is 1. The molecule has 0 amide bonds. The van der Waals surface area contributed by atoms with Crippen LogP contribution < -0.4 is 0 Å². The van der Waals surface area contributed by atoms with Crippen molar-refractivity contribution in [3.05, 3.63) is 29.0 Å². The van der Waals surface area contributed by atoms with Gasteiger partial charge in [-0.2, -0.15) is 18.3 Å². The number of H-pyrrole nitrogens is 1. The van der Waals surface area contributed by atoms with E-state index in [9.17, 15) is 18.0 Å². The van der Waals surface area contributed by atoms with Crippen LogP contribution in [0.5, 0.6) is 0 Å². The third-order valence-corrected chi connectivity index (χ3v) is 3.22. The first-order valence-electron chi connectivity index (χ1n) is 5.70. The number of aromatic nitrogens is 2. The van der Waals surface area contributed by atoms with Gasteiger partial charge in [-0.25, -0.2) is 4.79 Å². The van der Waals surface area contributed by atoms with Gasteiger partial charge in [-0.1, -0.05) is 0 Å². The fraction of sp³-hybridized carbons (Fsp3) is 0.333. The maximum atomic E-state index is 12.8. The molecule has 1 aliphatic rings. The zero-order valence-electron chi connectivity index (χ0n) is 9.58. The summed E-state index contributed by atoms with van der Waals surface area (Å²) in [5.74, 6) is -1.26. The molecule has 1 aromatic heterocycles. The van der Waals surface area contributed by atoms with Crippen molar-refractivity contribution in [2.45, 2.75) is 24.9 Å². The van der Waals surface area contributed by atoms with E-state index in [1.165, 1.54) is 0 Å². The first kappa shape index (κ1) is 12.0. The van der Waals surface area contributed by atoms with Crippen LogP contribution in [0.4, 0.5) is 13.2 Å². The van der Waals surface area contributed by atoms with Gasteiger partial charge in [0.05, 0.1) is 22.3 Å². The number of fused-ring (bicyclic) bond motifs is 1. The van der Waals surface area contributed by atoms with Crippen molar-refractivity contribution < 1.29 is 23.1 Å². The number of aromatic amines is 1. The van der Waals surface area contributed by atoms with Gasteiger partial charge in [0.25, 0.3) is 0 Å². The fourth-order valence-electron chi connectivity index (χ4n) is 2.14. The van der Waals surface area contributed by atoms with Crippen molar-refractivity contribution in [1.29, 1.82) is 0 Å². The average Bonchev–Trinajstić information content (AvgIpc) is 3.06. The Balaban J connectivity index is 2.30. The zero-order valence-corrected chi connectivity index (χ0v) is 9.58. The summed E-state index contributed by atoms with van der Waals surface area (Å²) in [7, 11) is 0. The number of benzene rings is 1. The number of carboxylic acids is 1. The highest BCUT2D eigenvalue weighted by Gasteiger charge is 2.35. The maximum Gasteiger partial charge on any atom is 0.416 e. The second-order valence-corrected chi connectivity index (χ2v) is 4.63. The van der Waals surface area contributed by atoms with Gasteiger partial charge in [0.2, 0.25) is 0 Å². The number of hydrogen-bond donors (Lipinski definition) is 2. The lowest BCUT2D eigenvalue weighted by molar-refractivity contribution is -0.137. The minimum absolute atomic E-state index is 0.138. The van der Waals surface area contributed by atoms with E-state index in [1.807, 2.05) is 0 Å². The Kier molecular flexibility index (Phi) is 2.35. The first-order valence-corrected chi connectivity index (χ1v) is 5.70. The first-order chi connectivity index (χ1) is 8.88. The molecule has 1 heterocycles. The normalized spacial score (nSPS) is 15.9. The van der Waals surface area contributed by atoms with Crippen LogP contribution in [0.25, 0.3) is 10.9 Å². The summed E-state index contributed by atoms with van der Waals surface area (Å²) in [5.41, 5.74) is -0.670. The van der Waals surface area contributed by atoms with Crippen LogP contribution in [0.2, 0.25) is 0 Å². The second-order valence-electron chi connectivity index (χ2n) is 4.63. The Hall–Kier alpha value is -2.05. The highest BCUT2D eigenvalue weighted by molar-refractivity contribution is 6.03. The molecule has 2 N–H and O–H groups in total. The molecule has 0 bridgehead atoms. The average molecular weight is 270 g/mol. The summed E-state index contributed by atoms with van der Waals surface area (Å²) in [5, 5.41) is 15.8. The predicted molar refractivity (Wildman–Crippen MR) is 60.0 cm³/mol. The number of aromatic carboxylic acids is 1. The third kappa shape index (κ3) is 1.94. The second kappa shape index (κ2) is 3.72. The van der Waals surface area contributed by atoms with Crippen LogP contribution in [0.3, 0.4) is 0 Å². The Labute approximate surface area is 105 Å². The number of carboxylic acid groups (broad SMARTS) is 1. The molecule has 0 atom stereocenters. The lowest BCUT2D eigenvalue weighted by atomic mass is 10.0. The highest BCUT2D eigenvalue weighted by atomic mass is 19.4. The summed E-state index contributed by atoms with van der Waals surface area (Å²) in [6, 6.07) is 1.61. The molecule has 1 aliphatic carbocycles. The lowest BCUT2D eigenvalue weighted by Crippen LogP contribution is -2.08. The van der Waals surface area contributed by atoms with Crippen molar-refractivity contribution >= 4 is 16.9 Å². The number of hydrogen-bond acceptors (Lipinski definition) is 2. The van der Waals surface area contributed by atoms with Crippen LogP contribution >= 0.6 is 0 Å². The van der Waals surface area contributed by atoms with Gasteiger partial charge in [-0.3, -0.25) is 5.10 Å². The standard InChI is InChI=1S/C12H9F3N2O2/c13-12(14,15)6-3-7-9(5-1-2-5)16-17-10(7)8(4-6)11(18)19/h3-5H,1-2H2,(H,16,17)(H,18,19). The Bertz CT molecular complexity index is 671. The molecule has 0 unspecified atom stereocenters. The van der Waals surface area contributed by atoms with Crippen LogP contribution in [-0.2, 0) is 6.18 Å². The van der Waals surface area contributed by atoms with Gasteiger partial charge in [0.1, 0.15) is 0 Å². The fourth-order valence-corrected chi connectivity index (χ4v) is 2.14. The zero-order chi connectivity index (χ0) is 13.8. The Morgan fingerprint density at radius 3 is 2.58 bits per heavy atom. The Morgan fingerprint density at radius 1 is 1.37 bits per heavy atom. The van der Waals surface area contributed by atoms with E-state index in [0.717, 1.165) is 18.9 Å². The molecule has 0 spiro atoms. The highest BCUT2D eigenvalue weighted by Crippen LogP contribution is 2.43. The van der Waals surface area contributed by atoms with E-state index in [4.69, 9.17) is 5.11 Å². The van der Waals surface area contributed by atoms with E-state index in [1.54, 1.807) is 0 Å². The van der Waals surface area contributed by atoms with Crippen molar-refractivity contribution in [3.8, 4) is 0 Å². The maximum absolute atomic E-state index is 12.8. The van der Waals surface area contributed by atoms with Crippen LogP contribution in [-0.4, -0.2) is 21.3 Å². The summed E-state index contributed by atoms with van der Waals surface area (Å²) in [6.07, 6.45) is -2.83. The topological polar surface area (TPSA) is 66.0 Å². The molecule has 1 aromatic carbocycles. The number of halogens is 3. The summed E-state index contributed by atoms with van der Waals surface area (Å²) in [4.78, 5) is 11.1. The van der Waals surface area contributed by atoms with Gasteiger partial charge in [0, 0.05) is 11.3 Å². The molecule has 2 aromatic rings. The minimum atomic E-state index is -4.57. The summed E-state index contributed by atoms with van der Waals surface area (Å²) in [6.45, 7) is 0. The van der Waals surface area contributed by atoms with Crippen molar-refractivity contribution in [2.24, 2.45) is 0 Å². The van der Waals surface area contributed by atoms with Gasteiger partial charge >= 0.3 is 12.1 Å². The van der Waals surface area contributed by atoms with E-state index in [0.29, 0.717) is 11.8 Å². The number of nitrogens with one attached hydrogen (secondary N) is 1. The quantitative estimate of drug-likeness (QED) is 0.880. The van der Waals surface area contributed by atoms with Crippen LogP contribution in [0.15, 0.2) is 12.1 Å². The molecule has 0 saturated heterocycles. The smallest absolute Gasteiger partial charge is 0.416 e. The molecule has 0 radical (unpaired) electrons. The molecule has 7 heteroatoms. The molecule has 19 heavy (non-hydrogen) atoms. The molecular formula is C12H9F3N2O2. The van der Waals surface area contributed by atoms with Gasteiger partial charge in [-0.05, 0) is 25.0 Å². The van der Waals surface area contributed by atoms with Crippen molar-refractivity contribution in [2.75, 3.05) is 0 Å². The van der Waals surface area contributed by atoms with E-state index >= 15 is 0 Å². The van der Waals surface area contributed by atoms with Crippen LogP contribution in [0, 0.1) is 0 Å². The van der Waals surface area contributed by atoms with Crippen molar-refractivity contribution in [1.82, 2.24) is 10.2 Å². The van der Waals surface area contributed by atoms with Gasteiger partial charge in [-0.15, -0.1) is 0 Å². The third-order valence-electron chi connectivity index (χ3n) is 3.22. The van der Waals surface area contributed by atoms with Crippen molar-refractivity contribution in [3.63, 3.8) is 0 Å². The molecule has 4 nitrogen and oxygen atoms in total. The van der Waals surface area contributed by atoms with E-state index in [2.05, 4.69) is 10.2 Å². The monoisotopic (exact) mass is 270 g/mol. The lowest BCUT2D eigenvalue weighted by Gasteiger charge is -2.08. The van der Waals surface area contributed by atoms with Gasteiger partial charge < -0.3 is 5.11 Å². The van der Waals surface area contributed by atoms with E-state index in [-0.39, 0.29) is 16.8 Å². The summed E-state index contributed by atoms with van der Waals surface area (Å²) >= 11 is 0. The Morgan fingerprint density at radius 2 is 2.05 bits per heavy atom. The predicted octanol–water partition coefficient (Wildman–Crippen LogP) is 3.16. The van der Waals surface area contributed by atoms with E-state index < -0.39 is 23.3 Å². The largest absolute Gasteiger partial charge is 0.478 e. The molecular weight excluding hydrogens is 261 g/mol.